The Morgan fingerprint density at radius 3 is 2.83 bits per heavy atom. The van der Waals surface area contributed by atoms with E-state index in [-0.39, 0.29) is 5.02 Å². The van der Waals surface area contributed by atoms with E-state index in [9.17, 15) is 4.39 Å². The van der Waals surface area contributed by atoms with Crippen LogP contribution in [0.25, 0.3) is 0 Å². The van der Waals surface area contributed by atoms with Crippen molar-refractivity contribution in [3.05, 3.63) is 23.0 Å². The van der Waals surface area contributed by atoms with Crippen LogP contribution in [0.3, 0.4) is 0 Å². The van der Waals surface area contributed by atoms with Gasteiger partial charge in [0, 0.05) is 43.8 Å². The summed E-state index contributed by atoms with van der Waals surface area (Å²) in [5.41, 5.74) is 6.88. The third-order valence-corrected chi connectivity index (χ3v) is 4.17. The molecule has 1 aromatic carbocycles. The number of hydrogen-bond acceptors (Lipinski definition) is 4. The van der Waals surface area contributed by atoms with Crippen LogP contribution < -0.4 is 11.1 Å². The minimum atomic E-state index is -0.442. The molecule has 0 atom stereocenters. The molecule has 1 aromatic rings. The van der Waals surface area contributed by atoms with Crippen molar-refractivity contribution < 1.29 is 4.39 Å². The summed E-state index contributed by atoms with van der Waals surface area (Å²) in [6.45, 7) is 3.95. The summed E-state index contributed by atoms with van der Waals surface area (Å²) in [7, 11) is 0. The van der Waals surface area contributed by atoms with Gasteiger partial charge in [0.1, 0.15) is 5.82 Å². The molecule has 1 heterocycles. The Morgan fingerprint density at radius 1 is 1.39 bits per heavy atom. The molecule has 0 saturated carbocycles. The first-order chi connectivity index (χ1) is 8.66. The fraction of sp³-hybridized carbons (Fsp3) is 0.500. The predicted octanol–water partition coefficient (Wildman–Crippen LogP) is 2.52. The Balaban J connectivity index is 1.84. The number of nitrogens with two attached hydrogens (primary N) is 1. The highest BCUT2D eigenvalue weighted by atomic mass is 35.5. The molecule has 3 N–H and O–H groups in total. The van der Waals surface area contributed by atoms with Gasteiger partial charge in [-0.05, 0) is 6.07 Å². The Labute approximate surface area is 116 Å². The molecular formula is C12H17ClFN3S. The number of benzene rings is 1. The lowest BCUT2D eigenvalue weighted by Gasteiger charge is -2.26. The van der Waals surface area contributed by atoms with Crippen molar-refractivity contribution in [2.75, 3.05) is 48.7 Å². The van der Waals surface area contributed by atoms with Crippen LogP contribution in [0.1, 0.15) is 0 Å². The minimum Gasteiger partial charge on any atom is -0.397 e. The quantitative estimate of drug-likeness (QED) is 0.836. The van der Waals surface area contributed by atoms with E-state index < -0.39 is 5.82 Å². The van der Waals surface area contributed by atoms with Gasteiger partial charge in [0.2, 0.25) is 0 Å². The van der Waals surface area contributed by atoms with Gasteiger partial charge in [-0.2, -0.15) is 11.8 Å². The fourth-order valence-corrected chi connectivity index (χ4v) is 3.04. The van der Waals surface area contributed by atoms with Crippen molar-refractivity contribution in [2.24, 2.45) is 0 Å². The minimum absolute atomic E-state index is 0.0612. The number of anilines is 2. The number of nitrogens with zero attached hydrogens (tertiary/aromatic N) is 1. The third kappa shape index (κ3) is 3.67. The molecule has 0 spiro atoms. The van der Waals surface area contributed by atoms with E-state index >= 15 is 0 Å². The topological polar surface area (TPSA) is 41.3 Å². The summed E-state index contributed by atoms with van der Waals surface area (Å²) in [5.74, 6) is 1.94. The van der Waals surface area contributed by atoms with Gasteiger partial charge in [0.15, 0.2) is 0 Å². The van der Waals surface area contributed by atoms with Gasteiger partial charge in [-0.1, -0.05) is 11.6 Å². The highest BCUT2D eigenvalue weighted by molar-refractivity contribution is 7.99. The SMILES string of the molecule is Nc1cc(Cl)c(F)cc1NCCN1CCSCC1. The van der Waals surface area contributed by atoms with E-state index in [4.69, 9.17) is 17.3 Å². The molecule has 1 saturated heterocycles. The first kappa shape index (κ1) is 13.8. The van der Waals surface area contributed by atoms with Crippen LogP contribution in [0, 0.1) is 5.82 Å². The average Bonchev–Trinajstić information content (AvgIpc) is 2.37. The van der Waals surface area contributed by atoms with Gasteiger partial charge in [0.25, 0.3) is 0 Å². The maximum atomic E-state index is 13.3. The van der Waals surface area contributed by atoms with E-state index in [1.54, 1.807) is 0 Å². The van der Waals surface area contributed by atoms with Crippen molar-refractivity contribution in [1.29, 1.82) is 0 Å². The van der Waals surface area contributed by atoms with E-state index in [0.29, 0.717) is 11.4 Å². The fourth-order valence-electron chi connectivity index (χ4n) is 1.89. The second-order valence-electron chi connectivity index (χ2n) is 4.23. The molecule has 0 radical (unpaired) electrons. The number of nitrogen functional groups attached to an aromatic ring is 1. The molecule has 0 aromatic heterocycles. The first-order valence-corrected chi connectivity index (χ1v) is 7.48. The molecule has 100 valence electrons. The highest BCUT2D eigenvalue weighted by Crippen LogP contribution is 2.25. The van der Waals surface area contributed by atoms with Crippen molar-refractivity contribution >= 4 is 34.7 Å². The van der Waals surface area contributed by atoms with Gasteiger partial charge in [-0.15, -0.1) is 0 Å². The second kappa shape index (κ2) is 6.50. The van der Waals surface area contributed by atoms with Crippen LogP contribution in [-0.2, 0) is 0 Å². The van der Waals surface area contributed by atoms with Crippen molar-refractivity contribution in [1.82, 2.24) is 4.90 Å². The highest BCUT2D eigenvalue weighted by Gasteiger charge is 2.10. The van der Waals surface area contributed by atoms with Crippen LogP contribution in [0.5, 0.6) is 0 Å². The number of halogens is 2. The summed E-state index contributed by atoms with van der Waals surface area (Å²) in [4.78, 5) is 2.39. The van der Waals surface area contributed by atoms with Gasteiger partial charge in [-0.25, -0.2) is 4.39 Å². The van der Waals surface area contributed by atoms with Gasteiger partial charge in [-0.3, -0.25) is 4.90 Å². The summed E-state index contributed by atoms with van der Waals surface area (Å²) >= 11 is 7.64. The normalized spacial score (nSPS) is 16.8. The lowest BCUT2D eigenvalue weighted by Crippen LogP contribution is -2.36. The second-order valence-corrected chi connectivity index (χ2v) is 5.87. The molecule has 2 rings (SSSR count). The smallest absolute Gasteiger partial charge is 0.143 e. The molecular weight excluding hydrogens is 273 g/mol. The Kier molecular flexibility index (Phi) is 4.97. The van der Waals surface area contributed by atoms with E-state index in [2.05, 4.69) is 10.2 Å². The lowest BCUT2D eigenvalue weighted by atomic mass is 10.2. The molecule has 0 bridgehead atoms. The monoisotopic (exact) mass is 289 g/mol. The van der Waals surface area contributed by atoms with Crippen LogP contribution in [0.2, 0.25) is 5.02 Å². The zero-order chi connectivity index (χ0) is 13.0. The third-order valence-electron chi connectivity index (χ3n) is 2.94. The summed E-state index contributed by atoms with van der Waals surface area (Å²) < 4.78 is 13.3. The van der Waals surface area contributed by atoms with Crippen molar-refractivity contribution in [3.8, 4) is 0 Å². The molecule has 18 heavy (non-hydrogen) atoms. The van der Waals surface area contributed by atoms with Crippen molar-refractivity contribution in [3.63, 3.8) is 0 Å². The molecule has 0 aliphatic carbocycles. The summed E-state index contributed by atoms with van der Waals surface area (Å²) in [6.07, 6.45) is 0. The zero-order valence-electron chi connectivity index (χ0n) is 10.1. The summed E-state index contributed by atoms with van der Waals surface area (Å²) in [6, 6.07) is 2.79. The number of thioether (sulfide) groups is 1. The van der Waals surface area contributed by atoms with Gasteiger partial charge >= 0.3 is 0 Å². The molecule has 1 fully saturated rings. The first-order valence-electron chi connectivity index (χ1n) is 5.95. The van der Waals surface area contributed by atoms with E-state index in [1.165, 1.54) is 23.6 Å². The molecule has 6 heteroatoms. The predicted molar refractivity (Wildman–Crippen MR) is 78.1 cm³/mol. The van der Waals surface area contributed by atoms with Crippen LogP contribution in [0.4, 0.5) is 15.8 Å². The molecule has 0 unspecified atom stereocenters. The zero-order valence-corrected chi connectivity index (χ0v) is 11.7. The van der Waals surface area contributed by atoms with Gasteiger partial charge < -0.3 is 11.1 Å². The number of hydrogen-bond donors (Lipinski definition) is 2. The molecule has 3 nitrogen and oxygen atoms in total. The maximum absolute atomic E-state index is 13.3. The summed E-state index contributed by atoms with van der Waals surface area (Å²) in [5, 5.41) is 3.22. The number of rotatable bonds is 4. The maximum Gasteiger partial charge on any atom is 0.143 e. The van der Waals surface area contributed by atoms with E-state index in [1.807, 2.05) is 11.8 Å². The largest absolute Gasteiger partial charge is 0.397 e. The van der Waals surface area contributed by atoms with Crippen LogP contribution >= 0.6 is 23.4 Å². The molecule has 1 aliphatic heterocycles. The molecule has 1 aliphatic rings. The van der Waals surface area contributed by atoms with Crippen LogP contribution in [0.15, 0.2) is 12.1 Å². The van der Waals surface area contributed by atoms with Crippen LogP contribution in [-0.4, -0.2) is 42.6 Å². The Morgan fingerprint density at radius 2 is 2.11 bits per heavy atom. The lowest BCUT2D eigenvalue weighted by molar-refractivity contribution is 0.314. The number of nitrogens with one attached hydrogen (secondary N) is 1. The van der Waals surface area contributed by atoms with E-state index in [0.717, 1.165) is 26.2 Å². The molecule has 0 amide bonds. The average molecular weight is 290 g/mol. The Hall–Kier alpha value is -0.650. The Bertz CT molecular complexity index is 411. The van der Waals surface area contributed by atoms with Crippen molar-refractivity contribution in [2.45, 2.75) is 0 Å². The standard InChI is InChI=1S/C12H17ClFN3S/c13-9-7-11(15)12(8-10(9)14)16-1-2-17-3-5-18-6-4-17/h7-8,16H,1-6,15H2. The van der Waals surface area contributed by atoms with Gasteiger partial charge in [0.05, 0.1) is 16.4 Å².